The summed E-state index contributed by atoms with van der Waals surface area (Å²) in [4.78, 5) is 3.98. The van der Waals surface area contributed by atoms with Crippen molar-refractivity contribution in [1.29, 1.82) is 0 Å². The number of hydrogen-bond donors (Lipinski definition) is 3. The molecule has 0 atom stereocenters. The second kappa shape index (κ2) is 6.66. The van der Waals surface area contributed by atoms with Crippen LogP contribution in [0.4, 0.5) is 0 Å². The molecule has 2 aromatic rings. The number of aromatic amines is 1. The lowest BCUT2D eigenvalue weighted by molar-refractivity contribution is 0.273. The Morgan fingerprint density at radius 2 is 2.24 bits per heavy atom. The van der Waals surface area contributed by atoms with Gasteiger partial charge in [-0.3, -0.25) is 5.10 Å². The summed E-state index contributed by atoms with van der Waals surface area (Å²) < 4.78 is 31.8. The molecule has 3 N–H and O–H groups in total. The van der Waals surface area contributed by atoms with E-state index in [-0.39, 0.29) is 18.0 Å². The van der Waals surface area contributed by atoms with E-state index in [1.807, 2.05) is 0 Å². The van der Waals surface area contributed by atoms with Crippen LogP contribution in [0.3, 0.4) is 0 Å². The Bertz CT molecular complexity index is 685. The number of sulfonamides is 1. The van der Waals surface area contributed by atoms with Crippen molar-refractivity contribution in [3.05, 3.63) is 35.9 Å². The van der Waals surface area contributed by atoms with Gasteiger partial charge in [-0.05, 0) is 18.2 Å². The van der Waals surface area contributed by atoms with Crippen LogP contribution in [0.1, 0.15) is 11.4 Å². The first-order valence-corrected chi connectivity index (χ1v) is 7.67. The molecule has 0 amide bonds. The number of benzene rings is 1. The van der Waals surface area contributed by atoms with Crippen molar-refractivity contribution in [3.8, 4) is 5.75 Å². The molecular weight excluding hydrogens is 296 g/mol. The highest BCUT2D eigenvalue weighted by Gasteiger charge is 2.16. The predicted molar refractivity (Wildman–Crippen MR) is 74.2 cm³/mol. The zero-order valence-electron chi connectivity index (χ0n) is 11.4. The number of rotatable bonds is 7. The Kier molecular flexibility index (Phi) is 4.89. The van der Waals surface area contributed by atoms with E-state index in [1.54, 1.807) is 0 Å². The molecule has 0 saturated heterocycles. The van der Waals surface area contributed by atoms with Gasteiger partial charge in [-0.25, -0.2) is 18.1 Å². The summed E-state index contributed by atoms with van der Waals surface area (Å²) in [6.45, 7) is -0.109. The normalized spacial score (nSPS) is 11.5. The first kappa shape index (κ1) is 15.4. The molecule has 0 aliphatic carbocycles. The SMILES string of the molecule is COc1ccc(S(=O)(=O)NCCc2ncn[nH]2)cc1CO. The van der Waals surface area contributed by atoms with Gasteiger partial charge in [0.2, 0.25) is 10.0 Å². The maximum Gasteiger partial charge on any atom is 0.240 e. The number of H-pyrrole nitrogens is 1. The van der Waals surface area contributed by atoms with Crippen molar-refractivity contribution in [2.45, 2.75) is 17.9 Å². The summed E-state index contributed by atoms with van der Waals surface area (Å²) in [6.07, 6.45) is 1.77. The van der Waals surface area contributed by atoms with E-state index < -0.39 is 10.0 Å². The zero-order chi connectivity index (χ0) is 15.3. The van der Waals surface area contributed by atoms with Gasteiger partial charge in [0.05, 0.1) is 18.6 Å². The first-order chi connectivity index (χ1) is 10.1. The van der Waals surface area contributed by atoms with Gasteiger partial charge in [0.1, 0.15) is 17.9 Å². The molecule has 0 unspecified atom stereocenters. The molecular formula is C12H16N4O4S. The smallest absolute Gasteiger partial charge is 0.240 e. The van der Waals surface area contributed by atoms with Gasteiger partial charge < -0.3 is 9.84 Å². The maximum atomic E-state index is 12.1. The number of aromatic nitrogens is 3. The summed E-state index contributed by atoms with van der Waals surface area (Å²) in [7, 11) is -2.19. The van der Waals surface area contributed by atoms with E-state index in [0.717, 1.165) is 0 Å². The van der Waals surface area contributed by atoms with E-state index in [1.165, 1.54) is 31.6 Å². The lowest BCUT2D eigenvalue weighted by atomic mass is 10.2. The standard InChI is InChI=1S/C12H16N4O4S/c1-20-11-3-2-10(6-9(11)7-17)21(18,19)15-5-4-12-13-8-14-16-12/h2-3,6,8,15,17H,4-5,7H2,1H3,(H,13,14,16). The fourth-order valence-electron chi connectivity index (χ4n) is 1.78. The molecule has 21 heavy (non-hydrogen) atoms. The first-order valence-electron chi connectivity index (χ1n) is 6.18. The lowest BCUT2D eigenvalue weighted by Crippen LogP contribution is -2.26. The zero-order valence-corrected chi connectivity index (χ0v) is 12.2. The Morgan fingerprint density at radius 3 is 2.86 bits per heavy atom. The minimum absolute atomic E-state index is 0.0740. The Labute approximate surface area is 122 Å². The third-order valence-electron chi connectivity index (χ3n) is 2.85. The molecule has 0 bridgehead atoms. The van der Waals surface area contributed by atoms with Crippen molar-refractivity contribution >= 4 is 10.0 Å². The van der Waals surface area contributed by atoms with Crippen LogP contribution in [0.25, 0.3) is 0 Å². The van der Waals surface area contributed by atoms with Gasteiger partial charge in [-0.1, -0.05) is 0 Å². The molecule has 114 valence electrons. The quantitative estimate of drug-likeness (QED) is 0.653. The largest absolute Gasteiger partial charge is 0.496 e. The average molecular weight is 312 g/mol. The third-order valence-corrected chi connectivity index (χ3v) is 4.31. The molecule has 8 nitrogen and oxygen atoms in total. The van der Waals surface area contributed by atoms with E-state index in [4.69, 9.17) is 4.74 Å². The summed E-state index contributed by atoms with van der Waals surface area (Å²) in [5, 5.41) is 15.6. The van der Waals surface area contributed by atoms with Crippen LogP contribution < -0.4 is 9.46 Å². The van der Waals surface area contributed by atoms with Crippen molar-refractivity contribution in [3.63, 3.8) is 0 Å². The molecule has 0 fully saturated rings. The molecule has 0 aliphatic heterocycles. The predicted octanol–water partition coefficient (Wildman–Crippen LogP) is -0.173. The summed E-state index contributed by atoms with van der Waals surface area (Å²) >= 11 is 0. The van der Waals surface area contributed by atoms with Gasteiger partial charge >= 0.3 is 0 Å². The summed E-state index contributed by atoms with van der Waals surface area (Å²) in [6, 6.07) is 4.32. The van der Waals surface area contributed by atoms with Crippen molar-refractivity contribution in [2.24, 2.45) is 0 Å². The van der Waals surface area contributed by atoms with Gasteiger partial charge in [-0.2, -0.15) is 5.10 Å². The van der Waals surface area contributed by atoms with E-state index >= 15 is 0 Å². The molecule has 1 heterocycles. The Balaban J connectivity index is 2.08. The van der Waals surface area contributed by atoms with Crippen LogP contribution in [-0.4, -0.2) is 42.4 Å². The maximum absolute atomic E-state index is 12.1. The lowest BCUT2D eigenvalue weighted by Gasteiger charge is -2.10. The summed E-state index contributed by atoms with van der Waals surface area (Å²) in [5.74, 6) is 1.04. The molecule has 0 radical (unpaired) electrons. The van der Waals surface area contributed by atoms with Gasteiger partial charge in [-0.15, -0.1) is 0 Å². The second-order valence-electron chi connectivity index (χ2n) is 4.21. The molecule has 2 rings (SSSR count). The second-order valence-corrected chi connectivity index (χ2v) is 5.98. The number of methoxy groups -OCH3 is 1. The third kappa shape index (κ3) is 3.78. The van der Waals surface area contributed by atoms with Crippen LogP contribution in [0.5, 0.6) is 5.75 Å². The molecule has 0 spiro atoms. The van der Waals surface area contributed by atoms with Gasteiger partial charge in [0.25, 0.3) is 0 Å². The highest BCUT2D eigenvalue weighted by Crippen LogP contribution is 2.22. The monoisotopic (exact) mass is 312 g/mol. The number of aliphatic hydroxyl groups excluding tert-OH is 1. The van der Waals surface area contributed by atoms with E-state index in [2.05, 4.69) is 19.9 Å². The minimum Gasteiger partial charge on any atom is -0.496 e. The van der Waals surface area contributed by atoms with Crippen molar-refractivity contribution in [2.75, 3.05) is 13.7 Å². The van der Waals surface area contributed by atoms with Crippen molar-refractivity contribution in [1.82, 2.24) is 19.9 Å². The molecule has 9 heteroatoms. The Morgan fingerprint density at radius 1 is 1.43 bits per heavy atom. The topological polar surface area (TPSA) is 117 Å². The van der Waals surface area contributed by atoms with E-state index in [9.17, 15) is 13.5 Å². The average Bonchev–Trinajstić information content (AvgIpc) is 2.99. The number of nitrogens with one attached hydrogen (secondary N) is 2. The number of hydrogen-bond acceptors (Lipinski definition) is 6. The number of ether oxygens (including phenoxy) is 1. The minimum atomic E-state index is -3.65. The Hall–Kier alpha value is -1.97. The van der Waals surface area contributed by atoms with E-state index in [0.29, 0.717) is 23.6 Å². The fourth-order valence-corrected chi connectivity index (χ4v) is 2.87. The molecule has 1 aromatic carbocycles. The van der Waals surface area contributed by atoms with Crippen molar-refractivity contribution < 1.29 is 18.3 Å². The van der Waals surface area contributed by atoms with Crippen LogP contribution in [0.15, 0.2) is 29.4 Å². The molecule has 1 aromatic heterocycles. The van der Waals surface area contributed by atoms with Crippen LogP contribution in [0.2, 0.25) is 0 Å². The highest BCUT2D eigenvalue weighted by atomic mass is 32.2. The van der Waals surface area contributed by atoms with Crippen LogP contribution in [-0.2, 0) is 23.1 Å². The van der Waals surface area contributed by atoms with Gasteiger partial charge in [0.15, 0.2) is 0 Å². The number of nitrogens with zero attached hydrogens (tertiary/aromatic N) is 2. The molecule has 0 aliphatic rings. The highest BCUT2D eigenvalue weighted by molar-refractivity contribution is 7.89. The number of aliphatic hydroxyl groups is 1. The van der Waals surface area contributed by atoms with Crippen LogP contribution in [0, 0.1) is 0 Å². The fraction of sp³-hybridized carbons (Fsp3) is 0.333. The summed E-state index contributed by atoms with van der Waals surface area (Å²) in [5.41, 5.74) is 0.413. The molecule has 0 saturated carbocycles. The van der Waals surface area contributed by atoms with Gasteiger partial charge in [0, 0.05) is 18.5 Å². The van der Waals surface area contributed by atoms with Crippen LogP contribution >= 0.6 is 0 Å².